The highest BCUT2D eigenvalue weighted by molar-refractivity contribution is 6.33. The molecule has 0 aromatic carbocycles. The van der Waals surface area contributed by atoms with Crippen molar-refractivity contribution in [2.24, 2.45) is 0 Å². The number of nitrogens with two attached hydrogens (primary N) is 1. The van der Waals surface area contributed by atoms with Crippen LogP contribution in [-0.2, 0) is 0 Å². The van der Waals surface area contributed by atoms with E-state index in [0.29, 0.717) is 0 Å². The third-order valence-electron chi connectivity index (χ3n) is 1.66. The van der Waals surface area contributed by atoms with Crippen molar-refractivity contribution in [1.82, 2.24) is 14.6 Å². The second-order valence-corrected chi connectivity index (χ2v) is 2.68. The molecule has 0 spiro atoms. The molecule has 7 nitrogen and oxygen atoms in total. The number of nitrogens with zero attached hydrogens (tertiary/aromatic N) is 3. The zero-order valence-electron chi connectivity index (χ0n) is 7.33. The molecule has 0 aliphatic heterocycles. The largest absolute Gasteiger partial charge is 0.707 e. The number of nitrogen functional groups attached to an aromatic ring is 1. The summed E-state index contributed by atoms with van der Waals surface area (Å²) in [5.74, 6) is -1.30. The minimum atomic E-state index is -2.10. The van der Waals surface area contributed by atoms with Crippen molar-refractivity contribution < 1.29 is 19.1 Å². The van der Waals surface area contributed by atoms with E-state index >= 15 is 0 Å². The molecule has 0 atom stereocenters. The molecule has 0 saturated carbocycles. The molecule has 0 radical (unpaired) electrons. The summed E-state index contributed by atoms with van der Waals surface area (Å²) in [5.41, 5.74) is 5.11. The van der Waals surface area contributed by atoms with Gasteiger partial charge in [-0.2, -0.15) is 9.37 Å². The SMILES string of the molecule is Nc1nc2c(F)c(OB(O)O)ccn2n1. The van der Waals surface area contributed by atoms with Crippen LogP contribution in [0.15, 0.2) is 12.3 Å². The van der Waals surface area contributed by atoms with Crippen molar-refractivity contribution in [2.75, 3.05) is 5.73 Å². The van der Waals surface area contributed by atoms with Crippen molar-refractivity contribution in [2.45, 2.75) is 0 Å². The van der Waals surface area contributed by atoms with Crippen molar-refractivity contribution in [3.05, 3.63) is 18.1 Å². The number of pyridine rings is 1. The van der Waals surface area contributed by atoms with E-state index in [4.69, 9.17) is 15.8 Å². The van der Waals surface area contributed by atoms with Crippen LogP contribution in [0.2, 0.25) is 0 Å². The first-order valence-corrected chi connectivity index (χ1v) is 3.91. The Morgan fingerprint density at radius 2 is 2.27 bits per heavy atom. The Bertz CT molecular complexity index is 502. The van der Waals surface area contributed by atoms with Crippen molar-refractivity contribution in [1.29, 1.82) is 0 Å². The predicted octanol–water partition coefficient (Wildman–Crippen LogP) is -1.20. The monoisotopic (exact) mass is 212 g/mol. The molecule has 0 aliphatic carbocycles. The molecule has 2 heterocycles. The summed E-state index contributed by atoms with van der Waals surface area (Å²) < 4.78 is 19.0. The number of fused-ring (bicyclic) bond motifs is 1. The van der Waals surface area contributed by atoms with E-state index in [1.54, 1.807) is 0 Å². The standard InChI is InChI=1S/C6H6BFN4O3/c8-4-3(15-7(13)14)1-2-12-5(4)10-6(9)11-12/h1-2,13-14H,(H2,9,11). The molecule has 0 amide bonds. The van der Waals surface area contributed by atoms with Gasteiger partial charge in [0.2, 0.25) is 11.8 Å². The van der Waals surface area contributed by atoms with Crippen LogP contribution in [0.25, 0.3) is 5.65 Å². The molecular formula is C6H6BFN4O3. The zero-order valence-corrected chi connectivity index (χ0v) is 7.33. The van der Waals surface area contributed by atoms with Crippen molar-refractivity contribution in [3.63, 3.8) is 0 Å². The minimum Gasteiger partial charge on any atom is -0.509 e. The maximum absolute atomic E-state index is 13.5. The molecule has 0 bridgehead atoms. The number of halogens is 1. The second-order valence-electron chi connectivity index (χ2n) is 2.68. The number of rotatable bonds is 2. The quantitative estimate of drug-likeness (QED) is 0.539. The molecule has 2 aromatic rings. The molecule has 9 heteroatoms. The van der Waals surface area contributed by atoms with Gasteiger partial charge in [-0.3, -0.25) is 0 Å². The Balaban J connectivity index is 2.54. The fourth-order valence-electron chi connectivity index (χ4n) is 1.12. The molecule has 0 aliphatic rings. The van der Waals surface area contributed by atoms with E-state index in [1.807, 2.05) is 0 Å². The summed E-state index contributed by atoms with van der Waals surface area (Å²) in [4.78, 5) is 3.59. The second kappa shape index (κ2) is 3.37. The highest BCUT2D eigenvalue weighted by Crippen LogP contribution is 2.20. The Labute approximate surface area is 83.1 Å². The van der Waals surface area contributed by atoms with Gasteiger partial charge in [-0.25, -0.2) is 4.52 Å². The Morgan fingerprint density at radius 3 is 2.93 bits per heavy atom. The molecule has 2 aromatic heterocycles. The average Bonchev–Trinajstić information content (AvgIpc) is 2.51. The fraction of sp³-hybridized carbons (Fsp3) is 0. The van der Waals surface area contributed by atoms with Crippen LogP contribution < -0.4 is 10.4 Å². The molecule has 2 rings (SSSR count). The van der Waals surface area contributed by atoms with E-state index in [2.05, 4.69) is 14.7 Å². The molecule has 0 saturated heterocycles. The number of anilines is 1. The summed E-state index contributed by atoms with van der Waals surface area (Å²) in [7, 11) is -2.10. The van der Waals surface area contributed by atoms with Crippen molar-refractivity contribution in [3.8, 4) is 5.75 Å². The molecular weight excluding hydrogens is 206 g/mol. The predicted molar refractivity (Wildman–Crippen MR) is 48.2 cm³/mol. The maximum Gasteiger partial charge on any atom is 0.707 e. The lowest BCUT2D eigenvalue weighted by Crippen LogP contribution is -2.21. The third kappa shape index (κ3) is 1.69. The Morgan fingerprint density at radius 1 is 1.53 bits per heavy atom. The summed E-state index contributed by atoms with van der Waals surface area (Å²) >= 11 is 0. The topological polar surface area (TPSA) is 106 Å². The number of hydrogen-bond donors (Lipinski definition) is 3. The van der Waals surface area contributed by atoms with Crippen LogP contribution in [0, 0.1) is 5.82 Å². The lowest BCUT2D eigenvalue weighted by atomic mass is 10.2. The Kier molecular flexibility index (Phi) is 2.17. The molecule has 78 valence electrons. The fourth-order valence-corrected chi connectivity index (χ4v) is 1.12. The van der Waals surface area contributed by atoms with Gasteiger partial charge in [0.1, 0.15) is 5.75 Å². The first kappa shape index (κ1) is 9.68. The summed E-state index contributed by atoms with van der Waals surface area (Å²) in [6.45, 7) is 0. The van der Waals surface area contributed by atoms with E-state index in [-0.39, 0.29) is 17.3 Å². The van der Waals surface area contributed by atoms with Gasteiger partial charge in [0, 0.05) is 12.3 Å². The van der Waals surface area contributed by atoms with Crippen LogP contribution in [0.1, 0.15) is 0 Å². The van der Waals surface area contributed by atoms with Gasteiger partial charge in [-0.1, -0.05) is 0 Å². The van der Waals surface area contributed by atoms with E-state index in [0.717, 1.165) is 4.52 Å². The van der Waals surface area contributed by atoms with Crippen LogP contribution in [0.4, 0.5) is 10.3 Å². The van der Waals surface area contributed by atoms with Crippen LogP contribution in [0.5, 0.6) is 5.75 Å². The average molecular weight is 212 g/mol. The van der Waals surface area contributed by atoms with E-state index in [1.165, 1.54) is 12.3 Å². The molecule has 0 unspecified atom stereocenters. The first-order chi connectivity index (χ1) is 7.08. The van der Waals surface area contributed by atoms with E-state index < -0.39 is 13.1 Å². The van der Waals surface area contributed by atoms with E-state index in [9.17, 15) is 4.39 Å². The van der Waals surface area contributed by atoms with Gasteiger partial charge in [0.25, 0.3) is 0 Å². The van der Waals surface area contributed by atoms with Gasteiger partial charge >= 0.3 is 7.32 Å². The van der Waals surface area contributed by atoms with Gasteiger partial charge in [0.15, 0.2) is 5.65 Å². The van der Waals surface area contributed by atoms with Gasteiger partial charge in [0.05, 0.1) is 0 Å². The van der Waals surface area contributed by atoms with Crippen molar-refractivity contribution >= 4 is 18.9 Å². The third-order valence-corrected chi connectivity index (χ3v) is 1.66. The van der Waals surface area contributed by atoms with Crippen LogP contribution >= 0.6 is 0 Å². The Hall–Kier alpha value is -1.87. The molecule has 4 N–H and O–H groups in total. The van der Waals surface area contributed by atoms with Crippen LogP contribution in [0.3, 0.4) is 0 Å². The number of aromatic nitrogens is 3. The summed E-state index contributed by atoms with van der Waals surface area (Å²) in [6.07, 6.45) is 1.33. The summed E-state index contributed by atoms with van der Waals surface area (Å²) in [6, 6.07) is 1.18. The first-order valence-electron chi connectivity index (χ1n) is 3.91. The number of hydrogen-bond acceptors (Lipinski definition) is 6. The van der Waals surface area contributed by atoms with Gasteiger partial charge in [-0.15, -0.1) is 5.10 Å². The van der Waals surface area contributed by atoms with Gasteiger partial charge in [-0.05, 0) is 0 Å². The lowest BCUT2D eigenvalue weighted by Gasteiger charge is -2.05. The maximum atomic E-state index is 13.5. The van der Waals surface area contributed by atoms with Gasteiger partial charge < -0.3 is 20.4 Å². The normalized spacial score (nSPS) is 10.6. The highest BCUT2D eigenvalue weighted by Gasteiger charge is 2.18. The molecule has 15 heavy (non-hydrogen) atoms. The minimum absolute atomic E-state index is 0.0874. The summed E-state index contributed by atoms with van der Waals surface area (Å²) in [5, 5.41) is 20.7. The zero-order chi connectivity index (χ0) is 11.0. The smallest absolute Gasteiger partial charge is 0.509 e. The van der Waals surface area contributed by atoms with Crippen LogP contribution in [-0.4, -0.2) is 32.0 Å². The lowest BCUT2D eigenvalue weighted by molar-refractivity contribution is 0.282. The highest BCUT2D eigenvalue weighted by atomic mass is 19.1. The molecule has 0 fully saturated rings.